The highest BCUT2D eigenvalue weighted by Gasteiger charge is 2.43. The Morgan fingerprint density at radius 2 is 1.96 bits per heavy atom. The summed E-state index contributed by atoms with van der Waals surface area (Å²) in [6.07, 6.45) is -4.29. The highest BCUT2D eigenvalue weighted by molar-refractivity contribution is 6.15. The van der Waals surface area contributed by atoms with Crippen LogP contribution < -0.4 is 10.5 Å². The second-order valence-electron chi connectivity index (χ2n) is 6.44. The lowest BCUT2D eigenvalue weighted by atomic mass is 9.85. The van der Waals surface area contributed by atoms with Crippen LogP contribution in [0.5, 0.6) is 5.75 Å². The topological polar surface area (TPSA) is 86.5 Å². The second-order valence-corrected chi connectivity index (χ2v) is 6.44. The second kappa shape index (κ2) is 7.47. The fourth-order valence-corrected chi connectivity index (χ4v) is 3.36. The monoisotopic (exact) mass is 371 g/mol. The van der Waals surface area contributed by atoms with Crippen molar-refractivity contribution in [1.29, 1.82) is 0 Å². The van der Waals surface area contributed by atoms with Gasteiger partial charge in [0.25, 0.3) is 0 Å². The van der Waals surface area contributed by atoms with Crippen LogP contribution in [-0.4, -0.2) is 30.3 Å². The largest absolute Gasteiger partial charge is 0.484 e. The zero-order valence-corrected chi connectivity index (χ0v) is 14.5. The number of amides is 1. The molecule has 2 atom stereocenters. The fraction of sp³-hybridized carbons (Fsp3) is 0.500. The molecule has 1 amide bonds. The van der Waals surface area contributed by atoms with E-state index in [0.29, 0.717) is 23.1 Å². The molecule has 0 bridgehead atoms. The molecule has 2 N–H and O–H groups in total. The maximum Gasteiger partial charge on any atom is 0.422 e. The number of aryl methyl sites for hydroxylation is 2. The first-order valence-electron chi connectivity index (χ1n) is 8.21. The Kier molecular flexibility index (Phi) is 5.73. The van der Waals surface area contributed by atoms with Gasteiger partial charge in [0.2, 0.25) is 5.91 Å². The Balaban J connectivity index is 2.35. The standard InChI is InChI=1S/C18H20F3NO4/c1-3-10-5-12(26-8-18(19,20)21)4-9(2)15(10)16-13(23)6-11(17(16)25)7-14(22)24/h4-5,11,16H,3,6-8H2,1-2H3,(H2,22,24). The van der Waals surface area contributed by atoms with E-state index in [1.54, 1.807) is 13.8 Å². The molecule has 26 heavy (non-hydrogen) atoms. The molecule has 1 fully saturated rings. The van der Waals surface area contributed by atoms with E-state index in [4.69, 9.17) is 10.5 Å². The van der Waals surface area contributed by atoms with E-state index < -0.39 is 30.5 Å². The zero-order chi connectivity index (χ0) is 19.6. The molecule has 2 unspecified atom stereocenters. The van der Waals surface area contributed by atoms with Crippen LogP contribution in [0.3, 0.4) is 0 Å². The number of ketones is 2. The Morgan fingerprint density at radius 1 is 1.31 bits per heavy atom. The van der Waals surface area contributed by atoms with Gasteiger partial charge in [0.15, 0.2) is 12.4 Å². The van der Waals surface area contributed by atoms with Gasteiger partial charge in [-0.05, 0) is 42.2 Å². The highest BCUT2D eigenvalue weighted by atomic mass is 19.4. The van der Waals surface area contributed by atoms with Crippen molar-refractivity contribution in [3.63, 3.8) is 0 Å². The van der Waals surface area contributed by atoms with Crippen LogP contribution in [-0.2, 0) is 20.8 Å². The van der Waals surface area contributed by atoms with Crippen molar-refractivity contribution in [3.05, 3.63) is 28.8 Å². The number of ether oxygens (including phenoxy) is 1. The maximum atomic E-state index is 12.6. The normalized spacial score (nSPS) is 20.5. The van der Waals surface area contributed by atoms with E-state index >= 15 is 0 Å². The molecule has 1 saturated carbocycles. The summed E-state index contributed by atoms with van der Waals surface area (Å²) in [7, 11) is 0. The average molecular weight is 371 g/mol. The highest BCUT2D eigenvalue weighted by Crippen LogP contribution is 2.38. The van der Waals surface area contributed by atoms with E-state index in [-0.39, 0.29) is 30.2 Å². The van der Waals surface area contributed by atoms with Crippen molar-refractivity contribution in [2.24, 2.45) is 11.7 Å². The molecule has 1 aliphatic rings. The molecule has 1 aromatic carbocycles. The summed E-state index contributed by atoms with van der Waals surface area (Å²) < 4.78 is 41.8. The summed E-state index contributed by atoms with van der Waals surface area (Å²) in [6.45, 7) is 1.98. The van der Waals surface area contributed by atoms with Crippen molar-refractivity contribution in [2.75, 3.05) is 6.61 Å². The van der Waals surface area contributed by atoms with Crippen LogP contribution in [0, 0.1) is 12.8 Å². The summed E-state index contributed by atoms with van der Waals surface area (Å²) >= 11 is 0. The number of hydrogen-bond donors (Lipinski definition) is 1. The van der Waals surface area contributed by atoms with E-state index in [9.17, 15) is 27.6 Å². The quantitative estimate of drug-likeness (QED) is 0.779. The van der Waals surface area contributed by atoms with Gasteiger partial charge in [-0.1, -0.05) is 6.92 Å². The summed E-state index contributed by atoms with van der Waals surface area (Å²) in [5.74, 6) is -3.04. The minimum absolute atomic E-state index is 0.0343. The molecule has 0 saturated heterocycles. The lowest BCUT2D eigenvalue weighted by molar-refractivity contribution is -0.153. The number of rotatable bonds is 6. The van der Waals surface area contributed by atoms with Gasteiger partial charge in [0.05, 0.1) is 0 Å². The van der Waals surface area contributed by atoms with Crippen LogP contribution in [0.25, 0.3) is 0 Å². The Hall–Kier alpha value is -2.38. The van der Waals surface area contributed by atoms with Crippen molar-refractivity contribution >= 4 is 17.5 Å². The summed E-state index contributed by atoms with van der Waals surface area (Å²) in [5, 5.41) is 0. The molecule has 1 aliphatic carbocycles. The molecule has 8 heteroatoms. The van der Waals surface area contributed by atoms with Crippen LogP contribution >= 0.6 is 0 Å². The van der Waals surface area contributed by atoms with Crippen LogP contribution in [0.2, 0.25) is 0 Å². The van der Waals surface area contributed by atoms with Crippen molar-refractivity contribution in [2.45, 2.75) is 45.2 Å². The number of carbonyl (C=O) groups is 3. The first-order valence-corrected chi connectivity index (χ1v) is 8.21. The van der Waals surface area contributed by atoms with E-state index in [1.165, 1.54) is 12.1 Å². The molecule has 142 valence electrons. The molecule has 5 nitrogen and oxygen atoms in total. The summed E-state index contributed by atoms with van der Waals surface area (Å²) in [4.78, 5) is 36.1. The third-order valence-corrected chi connectivity index (χ3v) is 4.42. The van der Waals surface area contributed by atoms with Gasteiger partial charge in [-0.2, -0.15) is 13.2 Å². The molecule has 0 radical (unpaired) electrons. The van der Waals surface area contributed by atoms with E-state index in [0.717, 1.165) is 0 Å². The number of carbonyl (C=O) groups excluding carboxylic acids is 3. The number of alkyl halides is 3. The molecule has 0 aromatic heterocycles. The number of benzene rings is 1. The number of primary amides is 1. The van der Waals surface area contributed by atoms with Gasteiger partial charge < -0.3 is 10.5 Å². The van der Waals surface area contributed by atoms with E-state index in [1.807, 2.05) is 0 Å². The molecule has 2 rings (SSSR count). The number of hydrogen-bond acceptors (Lipinski definition) is 4. The molecule has 0 spiro atoms. The van der Waals surface area contributed by atoms with Crippen LogP contribution in [0.15, 0.2) is 12.1 Å². The van der Waals surface area contributed by atoms with Crippen molar-refractivity contribution < 1.29 is 32.3 Å². The fourth-order valence-electron chi connectivity index (χ4n) is 3.36. The Morgan fingerprint density at radius 3 is 2.50 bits per heavy atom. The van der Waals surface area contributed by atoms with Gasteiger partial charge in [0, 0.05) is 18.8 Å². The SMILES string of the molecule is CCc1cc(OCC(F)(F)F)cc(C)c1C1C(=O)CC(CC(N)=O)C1=O. The molecule has 0 heterocycles. The minimum atomic E-state index is -4.46. The van der Waals surface area contributed by atoms with Crippen molar-refractivity contribution in [1.82, 2.24) is 0 Å². The Labute approximate surface area is 148 Å². The summed E-state index contributed by atoms with van der Waals surface area (Å²) in [5.41, 5.74) is 6.71. The van der Waals surface area contributed by atoms with Gasteiger partial charge in [-0.3, -0.25) is 14.4 Å². The molecule has 1 aromatic rings. The zero-order valence-electron chi connectivity index (χ0n) is 14.5. The molecular weight excluding hydrogens is 351 g/mol. The third kappa shape index (κ3) is 4.42. The third-order valence-electron chi connectivity index (χ3n) is 4.42. The molecule has 0 aliphatic heterocycles. The lowest BCUT2D eigenvalue weighted by Crippen LogP contribution is -2.22. The van der Waals surface area contributed by atoms with Gasteiger partial charge in [-0.15, -0.1) is 0 Å². The number of Topliss-reactive ketones (excluding diaryl/α,β-unsaturated/α-hetero) is 2. The Bertz CT molecular complexity index is 743. The first kappa shape index (κ1) is 19.9. The van der Waals surface area contributed by atoms with Crippen molar-refractivity contribution in [3.8, 4) is 5.75 Å². The molecular formula is C18H20F3NO4. The smallest absolute Gasteiger partial charge is 0.422 e. The minimum Gasteiger partial charge on any atom is -0.484 e. The first-order chi connectivity index (χ1) is 12.0. The average Bonchev–Trinajstić information content (AvgIpc) is 2.78. The van der Waals surface area contributed by atoms with Gasteiger partial charge >= 0.3 is 6.18 Å². The maximum absolute atomic E-state index is 12.6. The summed E-state index contributed by atoms with van der Waals surface area (Å²) in [6, 6.07) is 2.82. The number of halogens is 3. The van der Waals surface area contributed by atoms with Crippen LogP contribution in [0.1, 0.15) is 42.4 Å². The van der Waals surface area contributed by atoms with Gasteiger partial charge in [-0.25, -0.2) is 0 Å². The predicted octanol–water partition coefficient (Wildman–Crippen LogP) is 2.62. The van der Waals surface area contributed by atoms with Crippen LogP contribution in [0.4, 0.5) is 13.2 Å². The van der Waals surface area contributed by atoms with E-state index in [2.05, 4.69) is 0 Å². The number of nitrogens with two attached hydrogens (primary N) is 1. The predicted molar refractivity (Wildman–Crippen MR) is 86.8 cm³/mol. The van der Waals surface area contributed by atoms with Gasteiger partial charge in [0.1, 0.15) is 17.5 Å². The lowest BCUT2D eigenvalue weighted by Gasteiger charge is -2.19.